The summed E-state index contributed by atoms with van der Waals surface area (Å²) in [7, 11) is 1.76. The predicted molar refractivity (Wildman–Crippen MR) is 95.8 cm³/mol. The molecule has 1 aliphatic carbocycles. The first-order valence-corrected chi connectivity index (χ1v) is 8.59. The van der Waals surface area contributed by atoms with E-state index in [1.54, 1.807) is 7.05 Å². The van der Waals surface area contributed by atoms with Crippen molar-refractivity contribution in [3.63, 3.8) is 0 Å². The molecule has 0 aromatic heterocycles. The predicted octanol–water partition coefficient (Wildman–Crippen LogP) is 1.78. The molecule has 1 heterocycles. The maximum atomic E-state index is 12.4. The van der Waals surface area contributed by atoms with Crippen LogP contribution >= 0.6 is 0 Å². The monoisotopic (exact) mass is 329 g/mol. The molecule has 130 valence electrons. The normalized spacial score (nSPS) is 25.6. The number of ether oxygens (including phenoxy) is 1. The van der Waals surface area contributed by atoms with E-state index in [4.69, 9.17) is 4.74 Å². The van der Waals surface area contributed by atoms with Crippen LogP contribution < -0.4 is 15.4 Å². The molecule has 2 fully saturated rings. The third-order valence-corrected chi connectivity index (χ3v) is 4.92. The van der Waals surface area contributed by atoms with Crippen molar-refractivity contribution in [3.8, 4) is 5.75 Å². The molecule has 2 N–H and O–H groups in total. The maximum absolute atomic E-state index is 12.4. The number of benzene rings is 1. The molecule has 0 spiro atoms. The summed E-state index contributed by atoms with van der Waals surface area (Å²) in [6.45, 7) is 8.44. The third kappa shape index (κ3) is 3.61. The minimum Gasteiger partial charge on any atom is -0.491 e. The minimum atomic E-state index is -0.391. The Bertz CT molecular complexity index is 644. The van der Waals surface area contributed by atoms with Gasteiger partial charge in [0.25, 0.3) is 0 Å². The highest BCUT2D eigenvalue weighted by Crippen LogP contribution is 2.48. The molecule has 0 bridgehead atoms. The molecule has 0 unspecified atom stereocenters. The molecule has 1 saturated carbocycles. The van der Waals surface area contributed by atoms with Gasteiger partial charge in [-0.25, -0.2) is 0 Å². The van der Waals surface area contributed by atoms with Gasteiger partial charge in [-0.15, -0.1) is 0 Å². The lowest BCUT2D eigenvalue weighted by atomic mass is 10.1. The second-order valence-electron chi connectivity index (χ2n) is 7.59. The number of aliphatic imine (C=N–C) groups is 1. The number of carbonyl (C=O) groups is 1. The number of rotatable bonds is 6. The molecule has 1 saturated heterocycles. The molecule has 24 heavy (non-hydrogen) atoms. The summed E-state index contributed by atoms with van der Waals surface area (Å²) in [6, 6.07) is 5.99. The van der Waals surface area contributed by atoms with Gasteiger partial charge in [-0.2, -0.15) is 0 Å². The molecule has 2 aliphatic rings. The first-order chi connectivity index (χ1) is 11.4. The zero-order valence-electron chi connectivity index (χ0n) is 14.9. The standard InChI is InChI=1S/C19H27N3O2/c1-12-7-13(8-20-4)5-6-16(12)24-11-19(2,3)22-18(23)17-14-9-21-10-15(14)17/h5-8,14-15,17,21H,9-11H2,1-4H3,(H,22,23)/b20-8+/t14-,15+,17+. The molecular weight excluding hydrogens is 302 g/mol. The van der Waals surface area contributed by atoms with Crippen LogP contribution in [-0.2, 0) is 4.79 Å². The van der Waals surface area contributed by atoms with E-state index in [0.717, 1.165) is 30.0 Å². The molecule has 1 amide bonds. The Morgan fingerprint density at radius 1 is 1.42 bits per heavy atom. The van der Waals surface area contributed by atoms with Crippen LogP contribution in [0.4, 0.5) is 0 Å². The van der Waals surface area contributed by atoms with Gasteiger partial charge in [0.1, 0.15) is 12.4 Å². The zero-order valence-corrected chi connectivity index (χ0v) is 14.9. The molecule has 0 radical (unpaired) electrons. The summed E-state index contributed by atoms with van der Waals surface area (Å²) >= 11 is 0. The largest absolute Gasteiger partial charge is 0.491 e. The number of piperidine rings is 1. The first-order valence-electron chi connectivity index (χ1n) is 8.59. The van der Waals surface area contributed by atoms with E-state index in [1.165, 1.54) is 0 Å². The lowest BCUT2D eigenvalue weighted by molar-refractivity contribution is -0.125. The molecule has 1 aromatic carbocycles. The number of nitrogens with zero attached hydrogens (tertiary/aromatic N) is 1. The van der Waals surface area contributed by atoms with Gasteiger partial charge in [-0.1, -0.05) is 0 Å². The topological polar surface area (TPSA) is 62.7 Å². The lowest BCUT2D eigenvalue weighted by Crippen LogP contribution is -2.49. The van der Waals surface area contributed by atoms with Crippen LogP contribution in [0.3, 0.4) is 0 Å². The molecule has 5 heteroatoms. The molecule has 1 aromatic rings. The fraction of sp³-hybridized carbons (Fsp3) is 0.579. The van der Waals surface area contributed by atoms with Gasteiger partial charge in [0.2, 0.25) is 5.91 Å². The van der Waals surface area contributed by atoms with E-state index >= 15 is 0 Å². The summed E-state index contributed by atoms with van der Waals surface area (Å²) in [5.74, 6) is 2.29. The highest BCUT2D eigenvalue weighted by Gasteiger charge is 2.57. The Morgan fingerprint density at radius 2 is 2.12 bits per heavy atom. The van der Waals surface area contributed by atoms with E-state index < -0.39 is 5.54 Å². The van der Waals surface area contributed by atoms with Crippen LogP contribution in [0.2, 0.25) is 0 Å². The Labute approximate surface area is 143 Å². The van der Waals surface area contributed by atoms with Crippen LogP contribution in [0.25, 0.3) is 0 Å². The Balaban J connectivity index is 1.54. The van der Waals surface area contributed by atoms with Crippen molar-refractivity contribution < 1.29 is 9.53 Å². The van der Waals surface area contributed by atoms with E-state index in [9.17, 15) is 4.79 Å². The van der Waals surface area contributed by atoms with Crippen molar-refractivity contribution in [1.29, 1.82) is 0 Å². The van der Waals surface area contributed by atoms with Crippen LogP contribution in [0.5, 0.6) is 5.75 Å². The maximum Gasteiger partial charge on any atom is 0.224 e. The number of nitrogens with one attached hydrogen (secondary N) is 2. The van der Waals surface area contributed by atoms with Crippen LogP contribution in [0.1, 0.15) is 25.0 Å². The van der Waals surface area contributed by atoms with Gasteiger partial charge >= 0.3 is 0 Å². The van der Waals surface area contributed by atoms with Crippen LogP contribution in [0.15, 0.2) is 23.2 Å². The fourth-order valence-corrected chi connectivity index (χ4v) is 3.58. The SMILES string of the molecule is C/N=C/c1ccc(OCC(C)(C)NC(=O)[C@H]2[C@@H]3CNC[C@@H]32)c(C)c1. The number of hydrogen-bond donors (Lipinski definition) is 2. The highest BCUT2D eigenvalue weighted by molar-refractivity contribution is 5.83. The smallest absolute Gasteiger partial charge is 0.224 e. The summed E-state index contributed by atoms with van der Waals surface area (Å²) in [5, 5.41) is 6.48. The van der Waals surface area contributed by atoms with Crippen LogP contribution in [0, 0.1) is 24.7 Å². The van der Waals surface area contributed by atoms with Gasteiger partial charge in [-0.05, 0) is 75.0 Å². The number of fused-ring (bicyclic) bond motifs is 1. The van der Waals surface area contributed by atoms with Gasteiger partial charge < -0.3 is 15.4 Å². The minimum absolute atomic E-state index is 0.173. The van der Waals surface area contributed by atoms with E-state index in [1.807, 2.05) is 45.2 Å². The van der Waals surface area contributed by atoms with Crippen molar-refractivity contribution in [3.05, 3.63) is 29.3 Å². The molecule has 3 rings (SSSR count). The second kappa shape index (κ2) is 6.55. The van der Waals surface area contributed by atoms with Gasteiger partial charge in [0.15, 0.2) is 0 Å². The van der Waals surface area contributed by atoms with Crippen molar-refractivity contribution in [2.24, 2.45) is 22.7 Å². The number of carbonyl (C=O) groups excluding carboxylic acids is 1. The zero-order chi connectivity index (χ0) is 17.3. The molecule has 5 nitrogen and oxygen atoms in total. The van der Waals surface area contributed by atoms with E-state index in [0.29, 0.717) is 18.4 Å². The lowest BCUT2D eigenvalue weighted by Gasteiger charge is -2.27. The average molecular weight is 329 g/mol. The highest BCUT2D eigenvalue weighted by atomic mass is 16.5. The summed E-state index contributed by atoms with van der Waals surface area (Å²) in [5.41, 5.74) is 1.73. The van der Waals surface area contributed by atoms with Crippen LogP contribution in [-0.4, -0.2) is 44.4 Å². The van der Waals surface area contributed by atoms with E-state index in [2.05, 4.69) is 15.6 Å². The molecular formula is C19H27N3O2. The van der Waals surface area contributed by atoms with Crippen molar-refractivity contribution in [2.45, 2.75) is 26.3 Å². The first kappa shape index (κ1) is 17.0. The van der Waals surface area contributed by atoms with Gasteiger partial charge in [0, 0.05) is 19.2 Å². The van der Waals surface area contributed by atoms with E-state index in [-0.39, 0.29) is 11.8 Å². The third-order valence-electron chi connectivity index (χ3n) is 4.92. The number of amides is 1. The second-order valence-corrected chi connectivity index (χ2v) is 7.59. The quantitative estimate of drug-likeness (QED) is 0.782. The fourth-order valence-electron chi connectivity index (χ4n) is 3.58. The molecule has 1 aliphatic heterocycles. The van der Waals surface area contributed by atoms with Crippen molar-refractivity contribution in [1.82, 2.24) is 10.6 Å². The Morgan fingerprint density at radius 3 is 2.75 bits per heavy atom. The average Bonchev–Trinajstić information content (AvgIpc) is 3.00. The van der Waals surface area contributed by atoms with Gasteiger partial charge in [0.05, 0.1) is 5.54 Å². The van der Waals surface area contributed by atoms with Crippen molar-refractivity contribution in [2.75, 3.05) is 26.7 Å². The Kier molecular flexibility index (Phi) is 4.63. The van der Waals surface area contributed by atoms with Crippen molar-refractivity contribution >= 4 is 12.1 Å². The Hall–Kier alpha value is -1.88. The summed E-state index contributed by atoms with van der Waals surface area (Å²) < 4.78 is 5.96. The summed E-state index contributed by atoms with van der Waals surface area (Å²) in [6.07, 6.45) is 1.82. The van der Waals surface area contributed by atoms with Gasteiger partial charge in [-0.3, -0.25) is 9.79 Å². The summed E-state index contributed by atoms with van der Waals surface area (Å²) in [4.78, 5) is 16.4. The molecule has 3 atom stereocenters. The number of hydrogen-bond acceptors (Lipinski definition) is 4. The number of aryl methyl sites for hydroxylation is 1.